The SMILES string of the molecule is CCCNC1CC2CCCC(C1)N2Cc1ccccc1Br. The van der Waals surface area contributed by atoms with Crippen molar-refractivity contribution in [1.29, 1.82) is 0 Å². The van der Waals surface area contributed by atoms with Gasteiger partial charge in [0.1, 0.15) is 0 Å². The lowest BCUT2D eigenvalue weighted by Gasteiger charge is -2.49. The predicted octanol–water partition coefficient (Wildman–Crippen LogP) is 4.33. The Labute approximate surface area is 137 Å². The van der Waals surface area contributed by atoms with Gasteiger partial charge in [-0.1, -0.05) is 47.5 Å². The van der Waals surface area contributed by atoms with Gasteiger partial charge in [0.15, 0.2) is 0 Å². The fourth-order valence-corrected chi connectivity index (χ4v) is 4.49. The molecule has 1 aromatic carbocycles. The van der Waals surface area contributed by atoms with Gasteiger partial charge in [0.2, 0.25) is 0 Å². The highest BCUT2D eigenvalue weighted by Gasteiger charge is 2.37. The zero-order valence-electron chi connectivity index (χ0n) is 13.0. The molecule has 3 heteroatoms. The summed E-state index contributed by atoms with van der Waals surface area (Å²) in [5.74, 6) is 0. The van der Waals surface area contributed by atoms with Crippen LogP contribution in [-0.2, 0) is 6.54 Å². The van der Waals surface area contributed by atoms with Gasteiger partial charge in [0.25, 0.3) is 0 Å². The molecule has 0 aliphatic carbocycles. The molecule has 0 aromatic heterocycles. The molecule has 2 nitrogen and oxygen atoms in total. The van der Waals surface area contributed by atoms with E-state index < -0.39 is 0 Å². The third-order valence-corrected chi connectivity index (χ3v) is 5.89. The number of nitrogens with one attached hydrogen (secondary N) is 1. The van der Waals surface area contributed by atoms with Crippen LogP contribution in [0.15, 0.2) is 28.7 Å². The first-order valence-electron chi connectivity index (χ1n) is 8.50. The second kappa shape index (κ2) is 7.26. The molecule has 1 N–H and O–H groups in total. The van der Waals surface area contributed by atoms with Gasteiger partial charge in [-0.2, -0.15) is 0 Å². The maximum atomic E-state index is 3.76. The highest BCUT2D eigenvalue weighted by Crippen LogP contribution is 2.36. The minimum Gasteiger partial charge on any atom is -0.314 e. The van der Waals surface area contributed by atoms with Crippen LogP contribution >= 0.6 is 15.9 Å². The van der Waals surface area contributed by atoms with Crippen LogP contribution in [0.3, 0.4) is 0 Å². The van der Waals surface area contributed by atoms with Crippen molar-refractivity contribution < 1.29 is 0 Å². The van der Waals surface area contributed by atoms with E-state index in [-0.39, 0.29) is 0 Å². The molecule has 2 aliphatic rings. The normalized spacial score (nSPS) is 29.5. The zero-order chi connectivity index (χ0) is 14.7. The Morgan fingerprint density at radius 3 is 2.57 bits per heavy atom. The maximum Gasteiger partial charge on any atom is 0.0250 e. The molecule has 2 bridgehead atoms. The van der Waals surface area contributed by atoms with Gasteiger partial charge >= 0.3 is 0 Å². The number of hydrogen-bond donors (Lipinski definition) is 1. The van der Waals surface area contributed by atoms with Gasteiger partial charge in [0.05, 0.1) is 0 Å². The number of hydrogen-bond acceptors (Lipinski definition) is 2. The van der Waals surface area contributed by atoms with Crippen molar-refractivity contribution in [1.82, 2.24) is 10.2 Å². The molecule has 2 aliphatic heterocycles. The Morgan fingerprint density at radius 1 is 1.19 bits per heavy atom. The van der Waals surface area contributed by atoms with Gasteiger partial charge in [-0.25, -0.2) is 0 Å². The van der Waals surface area contributed by atoms with Gasteiger partial charge in [-0.05, 0) is 50.3 Å². The standard InChI is InChI=1S/C18H27BrN2/c1-2-10-20-15-11-16-7-5-8-17(12-15)21(16)13-14-6-3-4-9-18(14)19/h3-4,6,9,15-17,20H,2,5,7-8,10-13H2,1H3. The lowest BCUT2D eigenvalue weighted by molar-refractivity contribution is 0.0176. The largest absolute Gasteiger partial charge is 0.314 e. The van der Waals surface area contributed by atoms with Crippen molar-refractivity contribution in [3.8, 4) is 0 Å². The van der Waals surface area contributed by atoms with Crippen molar-refractivity contribution in [2.45, 2.75) is 70.1 Å². The van der Waals surface area contributed by atoms with E-state index in [0.29, 0.717) is 0 Å². The fraction of sp³-hybridized carbons (Fsp3) is 0.667. The first kappa shape index (κ1) is 15.5. The van der Waals surface area contributed by atoms with Gasteiger partial charge in [0, 0.05) is 29.1 Å². The van der Waals surface area contributed by atoms with Crippen LogP contribution in [0.5, 0.6) is 0 Å². The molecule has 116 valence electrons. The Bertz CT molecular complexity index is 448. The molecule has 0 amide bonds. The van der Waals surface area contributed by atoms with Crippen molar-refractivity contribution >= 4 is 15.9 Å². The molecule has 21 heavy (non-hydrogen) atoms. The molecule has 0 spiro atoms. The first-order valence-corrected chi connectivity index (χ1v) is 9.29. The maximum absolute atomic E-state index is 3.76. The van der Waals surface area contributed by atoms with Crippen LogP contribution in [0.1, 0.15) is 51.0 Å². The summed E-state index contributed by atoms with van der Waals surface area (Å²) in [6.45, 7) is 4.54. The lowest BCUT2D eigenvalue weighted by atomic mass is 9.81. The average molecular weight is 351 g/mol. The van der Waals surface area contributed by atoms with Crippen molar-refractivity contribution in [3.05, 3.63) is 34.3 Å². The van der Waals surface area contributed by atoms with Crippen LogP contribution in [-0.4, -0.2) is 29.6 Å². The van der Waals surface area contributed by atoms with Crippen LogP contribution in [0, 0.1) is 0 Å². The van der Waals surface area contributed by atoms with Gasteiger partial charge in [-0.3, -0.25) is 4.90 Å². The summed E-state index contributed by atoms with van der Waals surface area (Å²) in [7, 11) is 0. The molecule has 2 atom stereocenters. The van der Waals surface area contributed by atoms with E-state index in [1.54, 1.807) is 0 Å². The molecular formula is C18H27BrN2. The van der Waals surface area contributed by atoms with Gasteiger partial charge < -0.3 is 5.32 Å². The van der Waals surface area contributed by atoms with Gasteiger partial charge in [-0.15, -0.1) is 0 Å². The molecule has 2 heterocycles. The first-order chi connectivity index (χ1) is 10.3. The van der Waals surface area contributed by atoms with E-state index in [4.69, 9.17) is 0 Å². The average Bonchev–Trinajstić information content (AvgIpc) is 2.47. The van der Waals surface area contributed by atoms with Crippen molar-refractivity contribution in [3.63, 3.8) is 0 Å². The second-order valence-electron chi connectivity index (χ2n) is 6.62. The van der Waals surface area contributed by atoms with E-state index >= 15 is 0 Å². The van der Waals surface area contributed by atoms with E-state index in [1.807, 2.05) is 0 Å². The second-order valence-corrected chi connectivity index (χ2v) is 7.48. The van der Waals surface area contributed by atoms with Crippen molar-refractivity contribution in [2.75, 3.05) is 6.54 Å². The molecule has 2 unspecified atom stereocenters. The Morgan fingerprint density at radius 2 is 1.90 bits per heavy atom. The van der Waals surface area contributed by atoms with E-state index in [1.165, 1.54) is 55.1 Å². The summed E-state index contributed by atoms with van der Waals surface area (Å²) in [6.07, 6.45) is 8.09. The third kappa shape index (κ3) is 3.69. The van der Waals surface area contributed by atoms with Crippen molar-refractivity contribution in [2.24, 2.45) is 0 Å². The number of rotatable bonds is 5. The number of benzene rings is 1. The van der Waals surface area contributed by atoms with Crippen LogP contribution in [0.2, 0.25) is 0 Å². The van der Waals surface area contributed by atoms with E-state index in [0.717, 1.165) is 24.7 Å². The molecule has 2 fully saturated rings. The fourth-order valence-electron chi connectivity index (χ4n) is 4.08. The summed E-state index contributed by atoms with van der Waals surface area (Å²) < 4.78 is 1.26. The number of nitrogens with zero attached hydrogens (tertiary/aromatic N) is 1. The molecule has 1 aromatic rings. The van der Waals surface area contributed by atoms with Crippen LogP contribution in [0.25, 0.3) is 0 Å². The van der Waals surface area contributed by atoms with Crippen LogP contribution in [0.4, 0.5) is 0 Å². The number of halogens is 1. The monoisotopic (exact) mass is 350 g/mol. The number of fused-ring (bicyclic) bond motifs is 2. The Hall–Kier alpha value is -0.380. The molecule has 0 saturated carbocycles. The topological polar surface area (TPSA) is 15.3 Å². The number of piperidine rings is 2. The summed E-state index contributed by atoms with van der Waals surface area (Å²) in [4.78, 5) is 2.79. The summed E-state index contributed by atoms with van der Waals surface area (Å²) in [5.41, 5.74) is 1.44. The molecule has 3 rings (SSSR count). The van der Waals surface area contributed by atoms with E-state index in [2.05, 4.69) is 57.3 Å². The quantitative estimate of drug-likeness (QED) is 0.849. The van der Waals surface area contributed by atoms with Crippen LogP contribution < -0.4 is 5.32 Å². The highest BCUT2D eigenvalue weighted by atomic mass is 79.9. The molecule has 0 radical (unpaired) electrons. The highest BCUT2D eigenvalue weighted by molar-refractivity contribution is 9.10. The summed E-state index contributed by atoms with van der Waals surface area (Å²) in [6, 6.07) is 11.0. The minimum absolute atomic E-state index is 0.746. The predicted molar refractivity (Wildman–Crippen MR) is 92.4 cm³/mol. The Balaban J connectivity index is 1.68. The third-order valence-electron chi connectivity index (χ3n) is 5.12. The summed E-state index contributed by atoms with van der Waals surface area (Å²) in [5, 5.41) is 3.76. The smallest absolute Gasteiger partial charge is 0.0250 e. The lowest BCUT2D eigenvalue weighted by Crippen LogP contribution is -2.55. The minimum atomic E-state index is 0.746. The summed E-state index contributed by atoms with van der Waals surface area (Å²) >= 11 is 3.71. The zero-order valence-corrected chi connectivity index (χ0v) is 14.6. The Kier molecular flexibility index (Phi) is 5.36. The van der Waals surface area contributed by atoms with E-state index in [9.17, 15) is 0 Å². The molecular weight excluding hydrogens is 324 g/mol. The molecule has 2 saturated heterocycles.